The van der Waals surface area contributed by atoms with Crippen LogP contribution in [0.5, 0.6) is 0 Å². The molecule has 10 heteroatoms. The number of ether oxygens (including phenoxy) is 1. The third-order valence-corrected chi connectivity index (χ3v) is 5.02. The average Bonchev–Trinajstić information content (AvgIpc) is 3.19. The van der Waals surface area contributed by atoms with E-state index >= 15 is 0 Å². The fourth-order valence-corrected chi connectivity index (χ4v) is 3.50. The summed E-state index contributed by atoms with van der Waals surface area (Å²) in [5, 5.41) is 13.8. The molecule has 2 saturated heterocycles. The van der Waals surface area contributed by atoms with Gasteiger partial charge in [0.25, 0.3) is 11.6 Å². The van der Waals surface area contributed by atoms with Gasteiger partial charge in [-0.25, -0.2) is 4.98 Å². The number of nitro groups is 1. The molecule has 0 radical (unpaired) electrons. The van der Waals surface area contributed by atoms with Crippen molar-refractivity contribution in [2.75, 3.05) is 31.1 Å². The first-order valence-electron chi connectivity index (χ1n) is 9.04. The Bertz CT molecular complexity index is 726. The molecule has 27 heavy (non-hydrogen) atoms. The predicted molar refractivity (Wildman–Crippen MR) is 96.3 cm³/mol. The zero-order valence-corrected chi connectivity index (χ0v) is 14.9. The van der Waals surface area contributed by atoms with Gasteiger partial charge in [0.15, 0.2) is 0 Å². The average molecular weight is 377 g/mol. The van der Waals surface area contributed by atoms with Crippen molar-refractivity contribution in [3.05, 3.63) is 27.9 Å². The van der Waals surface area contributed by atoms with E-state index in [1.54, 1.807) is 0 Å². The second-order valence-electron chi connectivity index (χ2n) is 6.83. The fourth-order valence-electron chi connectivity index (χ4n) is 3.50. The van der Waals surface area contributed by atoms with Crippen LogP contribution >= 0.6 is 0 Å². The van der Waals surface area contributed by atoms with E-state index in [1.165, 1.54) is 0 Å². The Labute approximate surface area is 156 Å². The lowest BCUT2D eigenvalue weighted by atomic mass is 9.95. The number of nitrogens with one attached hydrogen (secondary N) is 1. The maximum absolute atomic E-state index is 12.3. The lowest BCUT2D eigenvalue weighted by Gasteiger charge is -2.33. The van der Waals surface area contributed by atoms with Gasteiger partial charge in [0.1, 0.15) is 12.0 Å². The molecule has 0 aliphatic carbocycles. The molecular formula is C17H23N5O5. The van der Waals surface area contributed by atoms with Gasteiger partial charge in [-0.1, -0.05) is 0 Å². The second-order valence-corrected chi connectivity index (χ2v) is 6.83. The van der Waals surface area contributed by atoms with Crippen LogP contribution in [0.2, 0.25) is 0 Å². The molecule has 2 aliphatic heterocycles. The quantitative estimate of drug-likeness (QED) is 0.546. The van der Waals surface area contributed by atoms with Gasteiger partial charge in [-0.15, -0.1) is 0 Å². The topological polar surface area (TPSA) is 141 Å². The molecule has 1 unspecified atom stereocenters. The number of hydrogen-bond acceptors (Lipinski definition) is 7. The Balaban J connectivity index is 1.59. The first kappa shape index (κ1) is 19.0. The van der Waals surface area contributed by atoms with Crippen LogP contribution in [0.15, 0.2) is 12.3 Å². The van der Waals surface area contributed by atoms with Gasteiger partial charge < -0.3 is 20.7 Å². The molecule has 10 nitrogen and oxygen atoms in total. The van der Waals surface area contributed by atoms with Crippen LogP contribution in [0.4, 0.5) is 11.5 Å². The number of piperidine rings is 1. The molecule has 1 aromatic heterocycles. The Kier molecular flexibility index (Phi) is 5.84. The van der Waals surface area contributed by atoms with Crippen molar-refractivity contribution >= 4 is 23.3 Å². The van der Waals surface area contributed by atoms with Crippen LogP contribution in [-0.2, 0) is 9.53 Å². The van der Waals surface area contributed by atoms with Crippen molar-refractivity contribution in [3.63, 3.8) is 0 Å². The van der Waals surface area contributed by atoms with Crippen molar-refractivity contribution in [2.24, 2.45) is 11.7 Å². The van der Waals surface area contributed by atoms with Crippen LogP contribution < -0.4 is 16.0 Å². The minimum atomic E-state index is -0.766. The van der Waals surface area contributed by atoms with E-state index in [2.05, 4.69) is 10.3 Å². The predicted octanol–water partition coefficient (Wildman–Crippen LogP) is 0.600. The molecule has 3 heterocycles. The van der Waals surface area contributed by atoms with Crippen LogP contribution in [0.1, 0.15) is 36.0 Å². The zero-order chi connectivity index (χ0) is 19.4. The maximum atomic E-state index is 12.3. The molecule has 0 saturated carbocycles. The zero-order valence-electron chi connectivity index (χ0n) is 14.9. The highest BCUT2D eigenvalue weighted by Crippen LogP contribution is 2.27. The summed E-state index contributed by atoms with van der Waals surface area (Å²) < 4.78 is 5.50. The van der Waals surface area contributed by atoms with Gasteiger partial charge in [0.05, 0.1) is 16.6 Å². The molecular weight excluding hydrogens is 354 g/mol. The minimum absolute atomic E-state index is 0.0110. The number of aromatic nitrogens is 1. The molecule has 0 aromatic carbocycles. The Hall–Kier alpha value is -2.75. The van der Waals surface area contributed by atoms with E-state index in [0.29, 0.717) is 38.3 Å². The summed E-state index contributed by atoms with van der Waals surface area (Å²) in [7, 11) is 0. The number of carbonyl (C=O) groups is 2. The molecule has 0 bridgehead atoms. The molecule has 1 atom stereocenters. The van der Waals surface area contributed by atoms with Crippen molar-refractivity contribution in [3.8, 4) is 0 Å². The number of carbonyl (C=O) groups excluding carboxylic acids is 2. The summed E-state index contributed by atoms with van der Waals surface area (Å²) in [6, 6.07) is 1.14. The number of nitrogens with two attached hydrogens (primary N) is 1. The van der Waals surface area contributed by atoms with Gasteiger partial charge in [-0.05, 0) is 25.7 Å². The molecule has 1 aromatic rings. The third-order valence-electron chi connectivity index (χ3n) is 5.02. The van der Waals surface area contributed by atoms with E-state index in [0.717, 1.165) is 31.7 Å². The number of anilines is 1. The summed E-state index contributed by atoms with van der Waals surface area (Å²) in [5.41, 5.74) is 5.10. The maximum Gasteiger partial charge on any atom is 0.288 e. The highest BCUT2D eigenvalue weighted by Gasteiger charge is 2.29. The van der Waals surface area contributed by atoms with Gasteiger partial charge in [-0.3, -0.25) is 19.7 Å². The highest BCUT2D eigenvalue weighted by molar-refractivity contribution is 5.98. The molecule has 2 fully saturated rings. The van der Waals surface area contributed by atoms with Crippen molar-refractivity contribution in [1.29, 1.82) is 0 Å². The largest absolute Gasteiger partial charge is 0.376 e. The lowest BCUT2D eigenvalue weighted by molar-refractivity contribution is -0.385. The highest BCUT2D eigenvalue weighted by atomic mass is 16.6. The van der Waals surface area contributed by atoms with E-state index in [1.807, 2.05) is 4.90 Å². The van der Waals surface area contributed by atoms with Crippen LogP contribution in [0, 0.1) is 16.0 Å². The second kappa shape index (κ2) is 8.30. The van der Waals surface area contributed by atoms with Gasteiger partial charge in [-0.2, -0.15) is 0 Å². The number of amides is 2. The van der Waals surface area contributed by atoms with E-state index in [4.69, 9.17) is 10.5 Å². The number of nitrogens with zero attached hydrogens (tertiary/aromatic N) is 3. The van der Waals surface area contributed by atoms with Crippen LogP contribution in [-0.4, -0.2) is 54.1 Å². The van der Waals surface area contributed by atoms with Crippen molar-refractivity contribution in [1.82, 2.24) is 10.3 Å². The first-order valence-corrected chi connectivity index (χ1v) is 9.04. The summed E-state index contributed by atoms with van der Waals surface area (Å²) in [4.78, 5) is 40.2. The molecule has 3 rings (SSSR count). The van der Waals surface area contributed by atoms with E-state index in [9.17, 15) is 19.7 Å². The molecule has 2 aliphatic rings. The van der Waals surface area contributed by atoms with Gasteiger partial charge >= 0.3 is 0 Å². The smallest absolute Gasteiger partial charge is 0.288 e. The number of hydrogen-bond donors (Lipinski definition) is 2. The van der Waals surface area contributed by atoms with Gasteiger partial charge in [0, 0.05) is 38.2 Å². The van der Waals surface area contributed by atoms with Gasteiger partial charge in [0.2, 0.25) is 5.91 Å². The first-order chi connectivity index (χ1) is 13.0. The summed E-state index contributed by atoms with van der Waals surface area (Å²) in [5.74, 6) is -0.543. The molecule has 2 amide bonds. The van der Waals surface area contributed by atoms with Crippen molar-refractivity contribution in [2.45, 2.75) is 31.8 Å². The van der Waals surface area contributed by atoms with E-state index in [-0.39, 0.29) is 29.2 Å². The number of primary amides is 1. The fraction of sp³-hybridized carbons (Fsp3) is 0.588. The number of rotatable bonds is 6. The van der Waals surface area contributed by atoms with Crippen LogP contribution in [0.25, 0.3) is 0 Å². The normalized spacial score (nSPS) is 20.4. The Morgan fingerprint density at radius 3 is 2.70 bits per heavy atom. The molecule has 0 spiro atoms. The molecule has 146 valence electrons. The Morgan fingerprint density at radius 1 is 1.37 bits per heavy atom. The van der Waals surface area contributed by atoms with Crippen LogP contribution in [0.3, 0.4) is 0 Å². The summed E-state index contributed by atoms with van der Waals surface area (Å²) in [6.45, 7) is 2.32. The number of pyridine rings is 1. The standard InChI is InChI=1S/C17H23N5O5/c18-15(23)14-8-12(22(25)26)9-19-16(14)21-5-3-11(4-6-21)17(24)20-10-13-2-1-7-27-13/h8-9,11,13H,1-7,10H2,(H2,18,23)(H,20,24). The minimum Gasteiger partial charge on any atom is -0.376 e. The Morgan fingerprint density at radius 2 is 2.11 bits per heavy atom. The molecule has 3 N–H and O–H groups in total. The summed E-state index contributed by atoms with van der Waals surface area (Å²) >= 11 is 0. The SMILES string of the molecule is NC(=O)c1cc([N+](=O)[O-])cnc1N1CCC(C(=O)NCC2CCCO2)CC1. The monoisotopic (exact) mass is 377 g/mol. The summed E-state index contributed by atoms with van der Waals surface area (Å²) in [6.07, 6.45) is 4.44. The lowest BCUT2D eigenvalue weighted by Crippen LogP contribution is -2.43. The van der Waals surface area contributed by atoms with Crippen molar-refractivity contribution < 1.29 is 19.2 Å². The third kappa shape index (κ3) is 4.51. The van der Waals surface area contributed by atoms with E-state index < -0.39 is 10.8 Å².